The first kappa shape index (κ1) is 13.5. The van der Waals surface area contributed by atoms with Crippen LogP contribution in [0, 0.1) is 0 Å². The largest absolute Gasteiger partial charge is 0.481 e. The van der Waals surface area contributed by atoms with E-state index in [0.29, 0.717) is 13.0 Å². The van der Waals surface area contributed by atoms with E-state index in [-0.39, 0.29) is 18.2 Å². The van der Waals surface area contributed by atoms with Crippen molar-refractivity contribution in [2.45, 2.75) is 18.8 Å². The number of anilines is 1. The normalized spacial score (nSPS) is 15.5. The second kappa shape index (κ2) is 5.40. The average Bonchev–Trinajstić information content (AvgIpc) is 2.63. The number of carbonyl (C=O) groups excluding carboxylic acids is 1. The highest BCUT2D eigenvalue weighted by atomic mass is 16.4. The predicted octanol–water partition coefficient (Wildman–Crippen LogP) is 0.983. The summed E-state index contributed by atoms with van der Waals surface area (Å²) in [6.45, 7) is 0.606. The predicted molar refractivity (Wildman–Crippen MR) is 72.5 cm³/mol. The van der Waals surface area contributed by atoms with Crippen molar-refractivity contribution in [3.8, 4) is 0 Å². The number of hydrogen-bond acceptors (Lipinski definition) is 3. The molecule has 0 aliphatic carbocycles. The van der Waals surface area contributed by atoms with Crippen LogP contribution in [0.5, 0.6) is 0 Å². The van der Waals surface area contributed by atoms with E-state index in [2.05, 4.69) is 5.32 Å². The molecule has 19 heavy (non-hydrogen) atoms. The van der Waals surface area contributed by atoms with Crippen molar-refractivity contribution in [1.82, 2.24) is 5.32 Å². The van der Waals surface area contributed by atoms with Gasteiger partial charge in [-0.25, -0.2) is 0 Å². The van der Waals surface area contributed by atoms with Crippen LogP contribution in [0.1, 0.15) is 23.5 Å². The lowest BCUT2D eigenvalue weighted by atomic mass is 9.93. The van der Waals surface area contributed by atoms with Crippen LogP contribution in [0.2, 0.25) is 0 Å². The van der Waals surface area contributed by atoms with Crippen LogP contribution in [-0.4, -0.2) is 37.6 Å². The van der Waals surface area contributed by atoms with Crippen molar-refractivity contribution >= 4 is 17.6 Å². The van der Waals surface area contributed by atoms with E-state index in [0.717, 1.165) is 16.8 Å². The minimum Gasteiger partial charge on any atom is -0.481 e. The smallest absolute Gasteiger partial charge is 0.304 e. The second-order valence-electron chi connectivity index (χ2n) is 4.87. The van der Waals surface area contributed by atoms with E-state index < -0.39 is 5.97 Å². The summed E-state index contributed by atoms with van der Waals surface area (Å²) in [5.74, 6) is -0.807. The molecule has 0 spiro atoms. The third-order valence-corrected chi connectivity index (χ3v) is 3.52. The van der Waals surface area contributed by atoms with Gasteiger partial charge in [0.15, 0.2) is 0 Å². The van der Waals surface area contributed by atoms with Gasteiger partial charge in [-0.2, -0.15) is 0 Å². The summed E-state index contributed by atoms with van der Waals surface area (Å²) in [5.41, 5.74) is 2.88. The lowest BCUT2D eigenvalue weighted by molar-refractivity contribution is -0.137. The molecule has 1 atom stereocenters. The molecule has 102 valence electrons. The molecule has 2 rings (SSSR count). The van der Waals surface area contributed by atoms with Gasteiger partial charge in [0.2, 0.25) is 5.91 Å². The molecule has 2 N–H and O–H groups in total. The van der Waals surface area contributed by atoms with E-state index in [1.807, 2.05) is 18.2 Å². The first-order chi connectivity index (χ1) is 9.02. The Morgan fingerprint density at radius 3 is 2.89 bits per heavy atom. The van der Waals surface area contributed by atoms with E-state index in [1.54, 1.807) is 19.0 Å². The van der Waals surface area contributed by atoms with Crippen LogP contribution in [0.3, 0.4) is 0 Å². The zero-order valence-corrected chi connectivity index (χ0v) is 11.1. The fourth-order valence-corrected chi connectivity index (χ4v) is 2.51. The van der Waals surface area contributed by atoms with Gasteiger partial charge >= 0.3 is 5.97 Å². The summed E-state index contributed by atoms with van der Waals surface area (Å²) >= 11 is 0. The monoisotopic (exact) mass is 262 g/mol. The molecule has 1 aliphatic rings. The maximum atomic E-state index is 11.6. The molecule has 0 saturated heterocycles. The van der Waals surface area contributed by atoms with Crippen LogP contribution < -0.4 is 10.2 Å². The first-order valence-corrected chi connectivity index (χ1v) is 6.28. The number of nitrogens with zero attached hydrogens (tertiary/aromatic N) is 1. The maximum Gasteiger partial charge on any atom is 0.304 e. The van der Waals surface area contributed by atoms with Crippen LogP contribution in [0.4, 0.5) is 5.69 Å². The quantitative estimate of drug-likeness (QED) is 0.830. The van der Waals surface area contributed by atoms with Crippen LogP contribution in [-0.2, 0) is 16.0 Å². The minimum atomic E-state index is -0.811. The van der Waals surface area contributed by atoms with Gasteiger partial charge in [0.1, 0.15) is 0 Å². The number of carboxylic acids is 1. The fourth-order valence-electron chi connectivity index (χ4n) is 2.51. The van der Waals surface area contributed by atoms with Gasteiger partial charge in [0, 0.05) is 25.2 Å². The lowest BCUT2D eigenvalue weighted by Crippen LogP contribution is -2.20. The SMILES string of the molecule is CNCC(CC(=O)O)c1ccc2c(c1)CC(=O)N2C. The number of aliphatic carboxylic acids is 1. The Morgan fingerprint density at radius 2 is 2.26 bits per heavy atom. The van der Waals surface area contributed by atoms with Gasteiger partial charge in [0.05, 0.1) is 12.8 Å². The summed E-state index contributed by atoms with van der Waals surface area (Å²) in [4.78, 5) is 24.2. The Morgan fingerprint density at radius 1 is 1.53 bits per heavy atom. The Balaban J connectivity index is 2.28. The number of carboxylic acid groups (broad SMARTS) is 1. The topological polar surface area (TPSA) is 69.6 Å². The zero-order chi connectivity index (χ0) is 14.0. The van der Waals surface area contributed by atoms with Gasteiger partial charge in [-0.3, -0.25) is 9.59 Å². The van der Waals surface area contributed by atoms with E-state index >= 15 is 0 Å². The minimum absolute atomic E-state index is 0.0752. The third-order valence-electron chi connectivity index (χ3n) is 3.52. The number of benzene rings is 1. The van der Waals surface area contributed by atoms with Gasteiger partial charge < -0.3 is 15.3 Å². The molecular formula is C14H18N2O3. The second-order valence-corrected chi connectivity index (χ2v) is 4.87. The Labute approximate surface area is 112 Å². The van der Waals surface area contributed by atoms with Crippen LogP contribution in [0.25, 0.3) is 0 Å². The Kier molecular flexibility index (Phi) is 3.85. The molecule has 0 fully saturated rings. The molecule has 1 amide bonds. The molecule has 1 aromatic rings. The molecular weight excluding hydrogens is 244 g/mol. The number of carbonyl (C=O) groups is 2. The van der Waals surface area contributed by atoms with Crippen molar-refractivity contribution in [1.29, 1.82) is 0 Å². The molecule has 1 aromatic carbocycles. The number of nitrogens with one attached hydrogen (secondary N) is 1. The van der Waals surface area contributed by atoms with Gasteiger partial charge in [-0.05, 0) is 24.2 Å². The summed E-state index contributed by atoms with van der Waals surface area (Å²) < 4.78 is 0. The van der Waals surface area contributed by atoms with Crippen LogP contribution in [0.15, 0.2) is 18.2 Å². The molecule has 1 unspecified atom stereocenters. The van der Waals surface area contributed by atoms with E-state index in [4.69, 9.17) is 5.11 Å². The highest BCUT2D eigenvalue weighted by Crippen LogP contribution is 2.31. The molecule has 0 saturated carbocycles. The van der Waals surface area contributed by atoms with E-state index in [1.165, 1.54) is 0 Å². The highest BCUT2D eigenvalue weighted by molar-refractivity contribution is 6.00. The van der Waals surface area contributed by atoms with Gasteiger partial charge in [-0.1, -0.05) is 12.1 Å². The molecule has 0 aromatic heterocycles. The van der Waals surface area contributed by atoms with E-state index in [9.17, 15) is 9.59 Å². The molecule has 5 heteroatoms. The first-order valence-electron chi connectivity index (χ1n) is 6.28. The highest BCUT2D eigenvalue weighted by Gasteiger charge is 2.25. The summed E-state index contributed by atoms with van der Waals surface area (Å²) in [5, 5.41) is 12.0. The average molecular weight is 262 g/mol. The molecule has 0 radical (unpaired) electrons. The zero-order valence-electron chi connectivity index (χ0n) is 11.1. The summed E-state index contributed by atoms with van der Waals surface area (Å²) in [6, 6.07) is 5.78. The Bertz CT molecular complexity index is 513. The van der Waals surface area contributed by atoms with Crippen molar-refractivity contribution in [3.05, 3.63) is 29.3 Å². The molecule has 1 heterocycles. The van der Waals surface area contributed by atoms with Crippen molar-refractivity contribution in [2.75, 3.05) is 25.5 Å². The van der Waals surface area contributed by atoms with Crippen molar-refractivity contribution < 1.29 is 14.7 Å². The third kappa shape index (κ3) is 2.76. The molecule has 0 bridgehead atoms. The maximum absolute atomic E-state index is 11.6. The van der Waals surface area contributed by atoms with Gasteiger partial charge in [0.25, 0.3) is 0 Å². The number of fused-ring (bicyclic) bond motifs is 1. The van der Waals surface area contributed by atoms with Gasteiger partial charge in [-0.15, -0.1) is 0 Å². The van der Waals surface area contributed by atoms with Crippen molar-refractivity contribution in [2.24, 2.45) is 0 Å². The molecule has 5 nitrogen and oxygen atoms in total. The number of rotatable bonds is 5. The Hall–Kier alpha value is -1.88. The van der Waals surface area contributed by atoms with Crippen LogP contribution >= 0.6 is 0 Å². The fraction of sp³-hybridized carbons (Fsp3) is 0.429. The number of hydrogen-bond donors (Lipinski definition) is 2. The summed E-state index contributed by atoms with van der Waals surface area (Å²) in [6.07, 6.45) is 0.489. The number of likely N-dealkylation sites (N-methyl/N-ethyl adjacent to an activating group) is 2. The van der Waals surface area contributed by atoms with Crippen molar-refractivity contribution in [3.63, 3.8) is 0 Å². The molecule has 1 aliphatic heterocycles. The number of amides is 1. The standard InChI is InChI=1S/C14H18N2O3/c1-15-8-11(7-14(18)19)9-3-4-12-10(5-9)6-13(17)16(12)2/h3-5,11,15H,6-8H2,1-2H3,(H,18,19). The lowest BCUT2D eigenvalue weighted by Gasteiger charge is -2.17. The summed E-state index contributed by atoms with van der Waals surface area (Å²) in [7, 11) is 3.57.